The molecular formula is C13H14OS. The van der Waals surface area contributed by atoms with E-state index in [1.54, 1.807) is 11.3 Å². The van der Waals surface area contributed by atoms with Gasteiger partial charge in [0.2, 0.25) is 0 Å². The number of hydrogen-bond donors (Lipinski definition) is 1. The molecule has 15 heavy (non-hydrogen) atoms. The van der Waals surface area contributed by atoms with Crippen LogP contribution in [0.25, 0.3) is 0 Å². The van der Waals surface area contributed by atoms with E-state index < -0.39 is 6.10 Å². The summed E-state index contributed by atoms with van der Waals surface area (Å²) in [7, 11) is 0. The number of aliphatic hydroxyl groups excluding tert-OH is 1. The molecule has 0 aliphatic carbocycles. The molecule has 0 amide bonds. The Bertz CT molecular complexity index is 403. The van der Waals surface area contributed by atoms with Crippen LogP contribution in [0.2, 0.25) is 0 Å². The largest absolute Gasteiger partial charge is 0.384 e. The number of aliphatic hydroxyl groups is 1. The van der Waals surface area contributed by atoms with E-state index in [0.717, 1.165) is 17.5 Å². The Morgan fingerprint density at radius 2 is 1.87 bits per heavy atom. The van der Waals surface area contributed by atoms with E-state index in [4.69, 9.17) is 0 Å². The molecule has 0 saturated carbocycles. The molecule has 2 heteroatoms. The Morgan fingerprint density at radius 3 is 2.40 bits per heavy atom. The summed E-state index contributed by atoms with van der Waals surface area (Å²) in [5.41, 5.74) is 3.24. The Balaban J connectivity index is 2.22. The molecular weight excluding hydrogens is 204 g/mol. The summed E-state index contributed by atoms with van der Waals surface area (Å²) in [6, 6.07) is 10.1. The van der Waals surface area contributed by atoms with E-state index in [9.17, 15) is 5.11 Å². The molecule has 1 unspecified atom stereocenters. The van der Waals surface area contributed by atoms with Crippen LogP contribution in [-0.4, -0.2) is 5.11 Å². The van der Waals surface area contributed by atoms with Crippen molar-refractivity contribution in [3.05, 3.63) is 57.8 Å². The smallest absolute Gasteiger partial charge is 0.105 e. The molecule has 0 spiro atoms. The van der Waals surface area contributed by atoms with Crippen LogP contribution in [0, 0.1) is 0 Å². The predicted octanol–water partition coefficient (Wildman–Crippen LogP) is 3.39. The minimum Gasteiger partial charge on any atom is -0.384 e. The lowest BCUT2D eigenvalue weighted by atomic mass is 10.0. The number of aryl methyl sites for hydroxylation is 1. The van der Waals surface area contributed by atoms with Crippen molar-refractivity contribution in [2.24, 2.45) is 0 Å². The molecule has 0 saturated heterocycles. The maximum atomic E-state index is 10.1. The number of hydrogen-bond acceptors (Lipinski definition) is 2. The van der Waals surface area contributed by atoms with Gasteiger partial charge in [0, 0.05) is 0 Å². The molecule has 1 heterocycles. The van der Waals surface area contributed by atoms with Gasteiger partial charge in [-0.2, -0.15) is 11.3 Å². The van der Waals surface area contributed by atoms with Crippen LogP contribution in [0.1, 0.15) is 29.7 Å². The van der Waals surface area contributed by atoms with Gasteiger partial charge in [0.15, 0.2) is 0 Å². The van der Waals surface area contributed by atoms with Gasteiger partial charge in [0.1, 0.15) is 6.10 Å². The number of thiophene rings is 1. The molecule has 1 atom stereocenters. The van der Waals surface area contributed by atoms with Crippen molar-refractivity contribution < 1.29 is 5.11 Å². The molecule has 0 bridgehead atoms. The molecule has 0 fully saturated rings. The second-order valence-electron chi connectivity index (χ2n) is 3.55. The van der Waals surface area contributed by atoms with Crippen LogP contribution in [-0.2, 0) is 6.42 Å². The fourth-order valence-electron chi connectivity index (χ4n) is 1.56. The predicted molar refractivity (Wildman–Crippen MR) is 64.2 cm³/mol. The first-order chi connectivity index (χ1) is 7.31. The fraction of sp³-hybridized carbons (Fsp3) is 0.231. The van der Waals surface area contributed by atoms with E-state index in [1.165, 1.54) is 5.56 Å². The quantitative estimate of drug-likeness (QED) is 0.837. The van der Waals surface area contributed by atoms with Gasteiger partial charge in [-0.15, -0.1) is 0 Å². The first-order valence-corrected chi connectivity index (χ1v) is 6.04. The Labute approximate surface area is 94.0 Å². The van der Waals surface area contributed by atoms with Gasteiger partial charge in [-0.1, -0.05) is 31.2 Å². The third kappa shape index (κ3) is 2.28. The van der Waals surface area contributed by atoms with Crippen LogP contribution >= 0.6 is 11.3 Å². The van der Waals surface area contributed by atoms with E-state index in [0.29, 0.717) is 0 Å². The molecule has 2 rings (SSSR count). The normalized spacial score (nSPS) is 12.7. The van der Waals surface area contributed by atoms with Crippen molar-refractivity contribution in [2.45, 2.75) is 19.4 Å². The van der Waals surface area contributed by atoms with Crippen molar-refractivity contribution in [1.82, 2.24) is 0 Å². The second-order valence-corrected chi connectivity index (χ2v) is 4.33. The summed E-state index contributed by atoms with van der Waals surface area (Å²) in [6.07, 6.45) is 0.552. The molecule has 1 aromatic carbocycles. The zero-order valence-electron chi connectivity index (χ0n) is 8.68. The summed E-state index contributed by atoms with van der Waals surface area (Å²) in [5.74, 6) is 0. The summed E-state index contributed by atoms with van der Waals surface area (Å²) in [4.78, 5) is 0. The monoisotopic (exact) mass is 218 g/mol. The molecule has 1 aromatic heterocycles. The van der Waals surface area contributed by atoms with Crippen molar-refractivity contribution >= 4 is 11.3 Å². The molecule has 0 aliphatic rings. The number of rotatable bonds is 3. The van der Waals surface area contributed by atoms with Crippen molar-refractivity contribution in [3.8, 4) is 0 Å². The summed E-state index contributed by atoms with van der Waals surface area (Å²) in [5, 5.41) is 14.0. The van der Waals surface area contributed by atoms with Crippen LogP contribution < -0.4 is 0 Å². The maximum absolute atomic E-state index is 10.1. The van der Waals surface area contributed by atoms with Crippen LogP contribution in [0.5, 0.6) is 0 Å². The van der Waals surface area contributed by atoms with E-state index in [1.807, 2.05) is 29.0 Å². The Hall–Kier alpha value is -1.12. The average Bonchev–Trinajstić information content (AvgIpc) is 2.82. The first-order valence-electron chi connectivity index (χ1n) is 5.10. The second kappa shape index (κ2) is 4.60. The highest BCUT2D eigenvalue weighted by atomic mass is 32.1. The van der Waals surface area contributed by atoms with Gasteiger partial charge in [-0.05, 0) is 39.9 Å². The fourth-order valence-corrected chi connectivity index (χ4v) is 2.24. The number of benzene rings is 1. The lowest BCUT2D eigenvalue weighted by Crippen LogP contribution is -1.97. The molecule has 0 radical (unpaired) electrons. The maximum Gasteiger partial charge on any atom is 0.105 e. The lowest BCUT2D eigenvalue weighted by molar-refractivity contribution is 0.221. The highest BCUT2D eigenvalue weighted by molar-refractivity contribution is 7.07. The van der Waals surface area contributed by atoms with E-state index >= 15 is 0 Å². The average molecular weight is 218 g/mol. The third-order valence-electron chi connectivity index (χ3n) is 2.56. The van der Waals surface area contributed by atoms with Gasteiger partial charge in [-0.3, -0.25) is 0 Å². The summed E-state index contributed by atoms with van der Waals surface area (Å²) >= 11 is 1.61. The van der Waals surface area contributed by atoms with Crippen LogP contribution in [0.15, 0.2) is 41.1 Å². The summed E-state index contributed by atoms with van der Waals surface area (Å²) in [6.45, 7) is 2.13. The highest BCUT2D eigenvalue weighted by Gasteiger charge is 2.09. The van der Waals surface area contributed by atoms with Crippen LogP contribution in [0.3, 0.4) is 0 Å². The minimum atomic E-state index is -0.484. The van der Waals surface area contributed by atoms with Crippen molar-refractivity contribution in [1.29, 1.82) is 0 Å². The SMILES string of the molecule is CCc1ccc(C(O)c2ccsc2)cc1. The third-order valence-corrected chi connectivity index (χ3v) is 3.26. The van der Waals surface area contributed by atoms with Gasteiger partial charge < -0.3 is 5.11 Å². The molecule has 0 aliphatic heterocycles. The van der Waals surface area contributed by atoms with Gasteiger partial charge in [-0.25, -0.2) is 0 Å². The molecule has 2 aromatic rings. The van der Waals surface area contributed by atoms with Gasteiger partial charge in [0.25, 0.3) is 0 Å². The topological polar surface area (TPSA) is 20.2 Å². The highest BCUT2D eigenvalue weighted by Crippen LogP contribution is 2.23. The standard InChI is InChI=1S/C13H14OS/c1-2-10-3-5-11(6-4-10)13(14)12-7-8-15-9-12/h3-9,13-14H,2H2,1H3. The van der Waals surface area contributed by atoms with Gasteiger partial charge in [0.05, 0.1) is 0 Å². The lowest BCUT2D eigenvalue weighted by Gasteiger charge is -2.09. The van der Waals surface area contributed by atoms with E-state index in [-0.39, 0.29) is 0 Å². The first kappa shape index (κ1) is 10.4. The minimum absolute atomic E-state index is 0.484. The Kier molecular flexibility index (Phi) is 3.19. The van der Waals surface area contributed by atoms with Crippen molar-refractivity contribution in [2.75, 3.05) is 0 Å². The van der Waals surface area contributed by atoms with Crippen LogP contribution in [0.4, 0.5) is 0 Å². The molecule has 1 N–H and O–H groups in total. The Morgan fingerprint density at radius 1 is 1.13 bits per heavy atom. The molecule has 78 valence electrons. The van der Waals surface area contributed by atoms with Gasteiger partial charge >= 0.3 is 0 Å². The zero-order chi connectivity index (χ0) is 10.7. The zero-order valence-corrected chi connectivity index (χ0v) is 9.50. The van der Waals surface area contributed by atoms with Crippen molar-refractivity contribution in [3.63, 3.8) is 0 Å². The van der Waals surface area contributed by atoms with E-state index in [2.05, 4.69) is 19.1 Å². The molecule has 1 nitrogen and oxygen atoms in total. The summed E-state index contributed by atoms with van der Waals surface area (Å²) < 4.78 is 0.